The second kappa shape index (κ2) is 7.75. The van der Waals surface area contributed by atoms with Crippen molar-refractivity contribution < 1.29 is 24.1 Å². The molecule has 5 heteroatoms. The van der Waals surface area contributed by atoms with Gasteiger partial charge in [-0.3, -0.25) is 4.79 Å². The van der Waals surface area contributed by atoms with Crippen LogP contribution in [-0.2, 0) is 20.7 Å². The number of fused-ring (bicyclic) bond motifs is 1. The van der Waals surface area contributed by atoms with E-state index in [2.05, 4.69) is 12.1 Å². The first kappa shape index (κ1) is 18.2. The van der Waals surface area contributed by atoms with Crippen LogP contribution in [0.5, 0.6) is 5.75 Å². The monoisotopic (exact) mass is 348 g/mol. The van der Waals surface area contributed by atoms with Gasteiger partial charge in [-0.15, -0.1) is 0 Å². The van der Waals surface area contributed by atoms with Crippen LogP contribution in [0.15, 0.2) is 24.3 Å². The lowest BCUT2D eigenvalue weighted by Gasteiger charge is -2.47. The van der Waals surface area contributed by atoms with Crippen molar-refractivity contribution in [1.29, 1.82) is 0 Å². The third-order valence-electron chi connectivity index (χ3n) is 5.57. The zero-order valence-corrected chi connectivity index (χ0v) is 15.1. The van der Waals surface area contributed by atoms with E-state index in [1.807, 2.05) is 19.1 Å². The van der Waals surface area contributed by atoms with Gasteiger partial charge in [0.15, 0.2) is 5.79 Å². The molecule has 1 aliphatic heterocycles. The van der Waals surface area contributed by atoms with Gasteiger partial charge in [-0.1, -0.05) is 12.1 Å². The molecular formula is C20H28O5. The molecule has 0 spiro atoms. The smallest absolute Gasteiger partial charge is 0.311 e. The number of benzene rings is 1. The maximum Gasteiger partial charge on any atom is 0.311 e. The maximum absolute atomic E-state index is 12.0. The summed E-state index contributed by atoms with van der Waals surface area (Å²) in [6, 6.07) is 8.15. The van der Waals surface area contributed by atoms with Crippen LogP contribution in [0.3, 0.4) is 0 Å². The van der Waals surface area contributed by atoms with E-state index in [1.165, 1.54) is 5.56 Å². The van der Waals surface area contributed by atoms with E-state index >= 15 is 0 Å². The Labute approximate surface area is 149 Å². The molecule has 4 unspecified atom stereocenters. The minimum Gasteiger partial charge on any atom is -0.497 e. The quantitative estimate of drug-likeness (QED) is 0.829. The number of hydrogen-bond donors (Lipinski definition) is 1. The second-order valence-electron chi connectivity index (χ2n) is 7.23. The Morgan fingerprint density at radius 3 is 2.76 bits per heavy atom. The van der Waals surface area contributed by atoms with Crippen molar-refractivity contribution in [3.05, 3.63) is 29.8 Å². The van der Waals surface area contributed by atoms with Crippen molar-refractivity contribution in [3.63, 3.8) is 0 Å². The predicted octanol–water partition coefficient (Wildman–Crippen LogP) is 2.94. The highest BCUT2D eigenvalue weighted by atomic mass is 16.6. The normalized spacial score (nSPS) is 31.9. The molecule has 1 saturated carbocycles. The number of carbonyl (C=O) groups excluding carboxylic acids is 1. The standard InChI is InChI=1S/C20H28O5/c1-3-24-19(21)16-12-17-11-15(8-9-20(17,22)25-13-16)10-14-4-6-18(23-2)7-5-14/h4-7,15-17,22H,3,8-13H2,1-2H3. The zero-order chi connectivity index (χ0) is 17.9. The van der Waals surface area contributed by atoms with Gasteiger partial charge in [0, 0.05) is 12.3 Å². The Bertz CT molecular complexity index is 584. The Balaban J connectivity index is 1.61. The first-order valence-corrected chi connectivity index (χ1v) is 9.20. The molecule has 0 bridgehead atoms. The number of carbonyl (C=O) groups is 1. The molecule has 1 aliphatic carbocycles. The van der Waals surface area contributed by atoms with Crippen LogP contribution in [0.1, 0.15) is 38.2 Å². The van der Waals surface area contributed by atoms with Gasteiger partial charge in [0.2, 0.25) is 0 Å². The summed E-state index contributed by atoms with van der Waals surface area (Å²) in [6.07, 6.45) is 4.06. The van der Waals surface area contributed by atoms with Crippen molar-refractivity contribution >= 4 is 5.97 Å². The molecule has 5 nitrogen and oxygen atoms in total. The Kier molecular flexibility index (Phi) is 5.64. The molecule has 0 amide bonds. The van der Waals surface area contributed by atoms with Gasteiger partial charge < -0.3 is 19.3 Å². The number of rotatable bonds is 5. The van der Waals surface area contributed by atoms with Crippen LogP contribution < -0.4 is 4.74 Å². The Hall–Kier alpha value is -1.59. The highest BCUT2D eigenvalue weighted by Crippen LogP contribution is 2.45. The topological polar surface area (TPSA) is 65.0 Å². The zero-order valence-electron chi connectivity index (χ0n) is 15.1. The fraction of sp³-hybridized carbons (Fsp3) is 0.650. The van der Waals surface area contributed by atoms with Crippen LogP contribution in [0, 0.1) is 17.8 Å². The molecule has 0 radical (unpaired) electrons. The summed E-state index contributed by atoms with van der Waals surface area (Å²) in [5, 5.41) is 10.8. The summed E-state index contributed by atoms with van der Waals surface area (Å²) >= 11 is 0. The van der Waals surface area contributed by atoms with Crippen LogP contribution in [0.25, 0.3) is 0 Å². The molecule has 138 valence electrons. The summed E-state index contributed by atoms with van der Waals surface area (Å²) in [7, 11) is 1.67. The lowest BCUT2D eigenvalue weighted by molar-refractivity contribution is -0.285. The SMILES string of the molecule is CCOC(=O)C1COC2(O)CCC(Cc3ccc(OC)cc3)CC2C1. The van der Waals surface area contributed by atoms with Gasteiger partial charge in [0.1, 0.15) is 5.75 Å². The molecular weight excluding hydrogens is 320 g/mol. The molecule has 1 aromatic rings. The average molecular weight is 348 g/mol. The van der Waals surface area contributed by atoms with Gasteiger partial charge in [-0.2, -0.15) is 0 Å². The molecule has 3 rings (SSSR count). The molecule has 0 aromatic heterocycles. The number of ether oxygens (including phenoxy) is 3. The highest BCUT2D eigenvalue weighted by Gasteiger charge is 2.48. The first-order chi connectivity index (χ1) is 12.0. The van der Waals surface area contributed by atoms with Gasteiger partial charge >= 0.3 is 5.97 Å². The van der Waals surface area contributed by atoms with Gasteiger partial charge in [-0.05, 0) is 56.2 Å². The second-order valence-corrected chi connectivity index (χ2v) is 7.23. The van der Waals surface area contributed by atoms with Crippen LogP contribution in [0.2, 0.25) is 0 Å². The lowest BCUT2D eigenvalue weighted by Crippen LogP contribution is -2.52. The molecule has 1 aromatic carbocycles. The van der Waals surface area contributed by atoms with Crippen LogP contribution in [-0.4, -0.2) is 37.2 Å². The average Bonchev–Trinajstić information content (AvgIpc) is 2.62. The number of hydrogen-bond acceptors (Lipinski definition) is 5. The van der Waals surface area contributed by atoms with Crippen LogP contribution in [0.4, 0.5) is 0 Å². The maximum atomic E-state index is 12.0. The molecule has 4 atom stereocenters. The van der Waals surface area contributed by atoms with Crippen molar-refractivity contribution in [3.8, 4) is 5.75 Å². The summed E-state index contributed by atoms with van der Waals surface area (Å²) in [4.78, 5) is 12.0. The number of methoxy groups -OCH3 is 1. The molecule has 2 aliphatic rings. The molecule has 25 heavy (non-hydrogen) atoms. The molecule has 2 fully saturated rings. The van der Waals surface area contributed by atoms with Gasteiger partial charge in [0.25, 0.3) is 0 Å². The number of aliphatic hydroxyl groups is 1. The van der Waals surface area contributed by atoms with Crippen molar-refractivity contribution in [1.82, 2.24) is 0 Å². The van der Waals surface area contributed by atoms with E-state index in [0.717, 1.165) is 25.0 Å². The summed E-state index contributed by atoms with van der Waals surface area (Å²) in [5.41, 5.74) is 1.27. The summed E-state index contributed by atoms with van der Waals surface area (Å²) in [6.45, 7) is 2.45. The van der Waals surface area contributed by atoms with E-state index in [0.29, 0.717) is 25.4 Å². The van der Waals surface area contributed by atoms with Gasteiger partial charge in [-0.25, -0.2) is 0 Å². The third kappa shape index (κ3) is 4.15. The summed E-state index contributed by atoms with van der Waals surface area (Å²) < 4.78 is 16.0. The van der Waals surface area contributed by atoms with Crippen molar-refractivity contribution in [2.24, 2.45) is 17.8 Å². The Morgan fingerprint density at radius 1 is 1.32 bits per heavy atom. The lowest BCUT2D eigenvalue weighted by atomic mass is 9.70. The fourth-order valence-electron chi connectivity index (χ4n) is 4.15. The Morgan fingerprint density at radius 2 is 2.08 bits per heavy atom. The largest absolute Gasteiger partial charge is 0.497 e. The highest BCUT2D eigenvalue weighted by molar-refractivity contribution is 5.72. The first-order valence-electron chi connectivity index (χ1n) is 9.20. The molecule has 1 saturated heterocycles. The van der Waals surface area contributed by atoms with E-state index in [4.69, 9.17) is 14.2 Å². The van der Waals surface area contributed by atoms with Gasteiger partial charge in [0.05, 0.1) is 26.2 Å². The van der Waals surface area contributed by atoms with Crippen molar-refractivity contribution in [2.45, 2.75) is 44.8 Å². The predicted molar refractivity (Wildman–Crippen MR) is 93.2 cm³/mol. The third-order valence-corrected chi connectivity index (χ3v) is 5.57. The molecule has 1 heterocycles. The number of esters is 1. The van der Waals surface area contributed by atoms with Crippen LogP contribution >= 0.6 is 0 Å². The van der Waals surface area contributed by atoms with Crippen molar-refractivity contribution in [2.75, 3.05) is 20.3 Å². The fourth-order valence-corrected chi connectivity index (χ4v) is 4.15. The van der Waals surface area contributed by atoms with E-state index in [1.54, 1.807) is 7.11 Å². The minimum absolute atomic E-state index is 0.00680. The van der Waals surface area contributed by atoms with E-state index < -0.39 is 5.79 Å². The molecule has 1 N–H and O–H groups in total. The van der Waals surface area contributed by atoms with E-state index in [-0.39, 0.29) is 24.4 Å². The minimum atomic E-state index is -1.07. The summed E-state index contributed by atoms with van der Waals surface area (Å²) in [5.74, 6) is -0.193. The van der Waals surface area contributed by atoms with E-state index in [9.17, 15) is 9.90 Å².